The molecule has 32 heavy (non-hydrogen) atoms. The van der Waals surface area contributed by atoms with Crippen molar-refractivity contribution >= 4 is 23.2 Å². The van der Waals surface area contributed by atoms with Crippen molar-refractivity contribution in [2.45, 2.75) is 58.2 Å². The van der Waals surface area contributed by atoms with Gasteiger partial charge in [-0.25, -0.2) is 5.43 Å². The lowest BCUT2D eigenvalue weighted by molar-refractivity contribution is -0.133. The molecule has 0 radical (unpaired) electrons. The molecular formula is C26H31N3O3. The van der Waals surface area contributed by atoms with Gasteiger partial charge in [-0.1, -0.05) is 51.1 Å². The Bertz CT molecular complexity index is 1070. The molecule has 2 aliphatic carbocycles. The molecule has 6 unspecified atom stereocenters. The van der Waals surface area contributed by atoms with Crippen LogP contribution in [0.25, 0.3) is 0 Å². The lowest BCUT2D eigenvalue weighted by Crippen LogP contribution is -2.47. The molecule has 2 amide bonds. The topological polar surface area (TPSA) is 71.0 Å². The number of para-hydroxylation sites is 1. The Balaban J connectivity index is 1.30. The van der Waals surface area contributed by atoms with Crippen molar-refractivity contribution in [3.8, 4) is 0 Å². The van der Waals surface area contributed by atoms with E-state index < -0.39 is 23.0 Å². The largest absolute Gasteiger partial charge is 0.357 e. The molecule has 1 spiro atoms. The lowest BCUT2D eigenvalue weighted by atomic mass is 9.71. The summed E-state index contributed by atoms with van der Waals surface area (Å²) in [5.41, 5.74) is 3.33. The van der Waals surface area contributed by atoms with Crippen molar-refractivity contribution in [2.75, 3.05) is 11.4 Å². The van der Waals surface area contributed by atoms with Crippen molar-refractivity contribution in [1.29, 1.82) is 0 Å². The van der Waals surface area contributed by atoms with Crippen LogP contribution in [0.3, 0.4) is 0 Å². The number of nitrogens with one attached hydrogen (secondary N) is 1. The minimum atomic E-state index is -0.790. The number of rotatable bonds is 3. The summed E-state index contributed by atoms with van der Waals surface area (Å²) in [5, 5.41) is 4.72. The highest BCUT2D eigenvalue weighted by Crippen LogP contribution is 2.61. The van der Waals surface area contributed by atoms with E-state index in [0.717, 1.165) is 24.2 Å². The second-order valence-corrected chi connectivity index (χ2v) is 11.4. The number of anilines is 1. The van der Waals surface area contributed by atoms with Gasteiger partial charge in [-0.15, -0.1) is 0 Å². The van der Waals surface area contributed by atoms with Gasteiger partial charge < -0.3 is 9.64 Å². The van der Waals surface area contributed by atoms with Gasteiger partial charge in [-0.2, -0.15) is 5.10 Å². The third-order valence-electron chi connectivity index (χ3n) is 9.09. The number of hydrogen-bond acceptors (Lipinski definition) is 4. The van der Waals surface area contributed by atoms with Crippen molar-refractivity contribution < 1.29 is 14.3 Å². The van der Waals surface area contributed by atoms with E-state index in [4.69, 9.17) is 9.84 Å². The quantitative estimate of drug-likeness (QED) is 0.584. The molecule has 3 aliphatic heterocycles. The summed E-state index contributed by atoms with van der Waals surface area (Å²) in [6.45, 7) is 9.09. The van der Waals surface area contributed by atoms with Gasteiger partial charge in [0.05, 0.1) is 29.7 Å². The first kappa shape index (κ1) is 20.2. The molecule has 6 heteroatoms. The number of fused-ring (bicyclic) bond motifs is 3. The van der Waals surface area contributed by atoms with E-state index in [1.807, 2.05) is 49.4 Å². The standard InChI is InChI=1S/C26H31N3O3/c1-23(2)16-10-11-24(3,14-16)22(23)28-27-20(30)18-19-21(31)29(17-8-6-5-7-9-17)15-26(19)13-12-25(18,4)32-26/h5-9,12-13,16,18-19H,10-11,14-15H2,1-4H3,(H,27,30)/b28-22+. The molecule has 1 aromatic carbocycles. The summed E-state index contributed by atoms with van der Waals surface area (Å²) in [6, 6.07) is 9.61. The summed E-state index contributed by atoms with van der Waals surface area (Å²) >= 11 is 0. The molecule has 1 N–H and O–H groups in total. The van der Waals surface area contributed by atoms with Gasteiger partial charge in [0.25, 0.3) is 0 Å². The van der Waals surface area contributed by atoms with Gasteiger partial charge >= 0.3 is 0 Å². The van der Waals surface area contributed by atoms with Gasteiger partial charge in [-0.05, 0) is 44.2 Å². The summed E-state index contributed by atoms with van der Waals surface area (Å²) in [5.74, 6) is -0.798. The zero-order valence-electron chi connectivity index (χ0n) is 19.2. The molecule has 6 nitrogen and oxygen atoms in total. The van der Waals surface area contributed by atoms with E-state index in [1.54, 1.807) is 4.90 Å². The minimum Gasteiger partial charge on any atom is -0.357 e. The second kappa shape index (κ2) is 6.10. The maximum absolute atomic E-state index is 13.5. The van der Waals surface area contributed by atoms with Crippen molar-refractivity contribution in [2.24, 2.45) is 33.7 Å². The van der Waals surface area contributed by atoms with Crippen molar-refractivity contribution in [3.05, 3.63) is 42.5 Å². The number of nitrogens with zero attached hydrogens (tertiary/aromatic N) is 2. The molecular weight excluding hydrogens is 402 g/mol. The number of hydrazone groups is 1. The average Bonchev–Trinajstić information content (AvgIpc) is 3.48. The third kappa shape index (κ3) is 2.42. The van der Waals surface area contributed by atoms with Crippen LogP contribution >= 0.6 is 0 Å². The van der Waals surface area contributed by atoms with E-state index in [2.05, 4.69) is 26.2 Å². The zero-order chi connectivity index (χ0) is 22.5. The third-order valence-corrected chi connectivity index (χ3v) is 9.09. The van der Waals surface area contributed by atoms with Gasteiger partial charge in [0.2, 0.25) is 11.8 Å². The predicted molar refractivity (Wildman–Crippen MR) is 122 cm³/mol. The minimum absolute atomic E-state index is 0.0101. The normalized spacial score (nSPS) is 44.0. The van der Waals surface area contributed by atoms with Gasteiger partial charge in [0.15, 0.2) is 0 Å². The second-order valence-electron chi connectivity index (χ2n) is 11.4. The van der Waals surface area contributed by atoms with Crippen LogP contribution in [-0.4, -0.2) is 35.3 Å². The fraction of sp³-hybridized carbons (Fsp3) is 0.577. The summed E-state index contributed by atoms with van der Waals surface area (Å²) in [6.07, 6.45) is 7.45. The van der Waals surface area contributed by atoms with Crippen LogP contribution < -0.4 is 10.3 Å². The molecule has 0 aromatic heterocycles. The number of amides is 2. The number of benzene rings is 1. The number of hydrogen-bond donors (Lipinski definition) is 1. The monoisotopic (exact) mass is 433 g/mol. The Kier molecular flexibility index (Phi) is 3.84. The maximum Gasteiger partial charge on any atom is 0.247 e. The van der Waals surface area contributed by atoms with Crippen molar-refractivity contribution in [1.82, 2.24) is 5.43 Å². The zero-order valence-corrected chi connectivity index (χ0v) is 19.2. The molecule has 168 valence electrons. The van der Waals surface area contributed by atoms with Crippen LogP contribution in [-0.2, 0) is 14.3 Å². The first-order valence-corrected chi connectivity index (χ1v) is 11.8. The van der Waals surface area contributed by atoms with Gasteiger partial charge in [-0.3, -0.25) is 9.59 Å². The smallest absolute Gasteiger partial charge is 0.247 e. The Morgan fingerprint density at radius 3 is 2.59 bits per heavy atom. The molecule has 2 saturated heterocycles. The van der Waals surface area contributed by atoms with E-state index >= 15 is 0 Å². The first-order valence-electron chi connectivity index (χ1n) is 11.8. The average molecular weight is 434 g/mol. The van der Waals surface area contributed by atoms with Crippen molar-refractivity contribution in [3.63, 3.8) is 0 Å². The molecule has 2 saturated carbocycles. The summed E-state index contributed by atoms with van der Waals surface area (Å²) in [4.78, 5) is 28.8. The van der Waals surface area contributed by atoms with Crippen LogP contribution in [0.1, 0.15) is 47.0 Å². The Morgan fingerprint density at radius 1 is 1.16 bits per heavy atom. The van der Waals surface area contributed by atoms with Crippen LogP contribution in [0, 0.1) is 28.6 Å². The van der Waals surface area contributed by atoms with E-state index in [-0.39, 0.29) is 22.6 Å². The SMILES string of the molecule is CC12CCC(C1)C(C)(C)/C2=N\NC(=O)C1C2C(=O)N(c3ccccc3)CC23C=CC1(C)O3. The first-order chi connectivity index (χ1) is 15.1. The summed E-state index contributed by atoms with van der Waals surface area (Å²) < 4.78 is 6.43. The van der Waals surface area contributed by atoms with E-state index in [0.29, 0.717) is 12.5 Å². The van der Waals surface area contributed by atoms with Crippen LogP contribution in [0.5, 0.6) is 0 Å². The predicted octanol–water partition coefficient (Wildman–Crippen LogP) is 3.68. The highest BCUT2D eigenvalue weighted by atomic mass is 16.5. The van der Waals surface area contributed by atoms with Crippen LogP contribution in [0.4, 0.5) is 5.69 Å². The van der Waals surface area contributed by atoms with Crippen LogP contribution in [0.2, 0.25) is 0 Å². The molecule has 4 bridgehead atoms. The van der Waals surface area contributed by atoms with E-state index in [1.165, 1.54) is 6.42 Å². The highest BCUT2D eigenvalue weighted by Gasteiger charge is 2.71. The highest BCUT2D eigenvalue weighted by molar-refractivity contribution is 6.04. The number of ether oxygens (including phenoxy) is 1. The van der Waals surface area contributed by atoms with E-state index in [9.17, 15) is 9.59 Å². The fourth-order valence-electron chi connectivity index (χ4n) is 7.50. The maximum atomic E-state index is 13.5. The summed E-state index contributed by atoms with van der Waals surface area (Å²) in [7, 11) is 0. The van der Waals surface area contributed by atoms with Gasteiger partial charge in [0, 0.05) is 16.5 Å². The molecule has 6 atom stereocenters. The molecule has 4 fully saturated rings. The molecule has 5 aliphatic rings. The fourth-order valence-corrected chi connectivity index (χ4v) is 7.50. The number of carbonyl (C=O) groups is 2. The Labute approximate surface area is 189 Å². The van der Waals surface area contributed by atoms with Gasteiger partial charge in [0.1, 0.15) is 5.60 Å². The molecule has 3 heterocycles. The number of carbonyl (C=O) groups excluding carboxylic acids is 2. The molecule has 1 aromatic rings. The van der Waals surface area contributed by atoms with Crippen LogP contribution in [0.15, 0.2) is 47.6 Å². The Morgan fingerprint density at radius 2 is 1.91 bits per heavy atom. The lowest BCUT2D eigenvalue weighted by Gasteiger charge is -2.35. The molecule has 6 rings (SSSR count). The Hall–Kier alpha value is -2.47.